The third-order valence-corrected chi connectivity index (χ3v) is 6.00. The zero-order chi connectivity index (χ0) is 17.1. The molecule has 24 heavy (non-hydrogen) atoms. The molecule has 2 aliphatic rings. The maximum absolute atomic E-state index is 13.2. The second-order valence-electron chi connectivity index (χ2n) is 7.66. The summed E-state index contributed by atoms with van der Waals surface area (Å²) in [6.45, 7) is 9.50. The summed E-state index contributed by atoms with van der Waals surface area (Å²) in [6.07, 6.45) is 7.31. The molecule has 1 aromatic carbocycles. The van der Waals surface area contributed by atoms with E-state index in [1.807, 2.05) is 0 Å². The van der Waals surface area contributed by atoms with E-state index in [0.29, 0.717) is 5.91 Å². The van der Waals surface area contributed by atoms with Crippen LogP contribution in [0.3, 0.4) is 0 Å². The van der Waals surface area contributed by atoms with E-state index in [2.05, 4.69) is 48.8 Å². The van der Waals surface area contributed by atoms with Gasteiger partial charge < -0.3 is 4.90 Å². The average Bonchev–Trinajstić information content (AvgIpc) is 2.91. The first-order valence-corrected chi connectivity index (χ1v) is 9.69. The summed E-state index contributed by atoms with van der Waals surface area (Å²) in [5, 5.41) is 0. The van der Waals surface area contributed by atoms with Gasteiger partial charge in [-0.3, -0.25) is 9.69 Å². The third-order valence-electron chi connectivity index (χ3n) is 6.00. The number of carbonyl (C=O) groups is 1. The minimum atomic E-state index is 0.0234. The molecule has 2 aliphatic heterocycles. The largest absolute Gasteiger partial charge is 0.334 e. The predicted molar refractivity (Wildman–Crippen MR) is 99.1 cm³/mol. The Morgan fingerprint density at radius 3 is 2.38 bits per heavy atom. The molecule has 0 N–H and O–H groups in total. The lowest BCUT2D eigenvalue weighted by molar-refractivity contribution is -0.137. The minimum Gasteiger partial charge on any atom is -0.334 e. The van der Waals surface area contributed by atoms with Crippen molar-refractivity contribution in [2.24, 2.45) is 0 Å². The summed E-state index contributed by atoms with van der Waals surface area (Å²) in [7, 11) is 0. The van der Waals surface area contributed by atoms with E-state index in [1.165, 1.54) is 42.4 Å². The number of carbonyl (C=O) groups excluding carboxylic acids is 1. The van der Waals surface area contributed by atoms with Crippen LogP contribution in [0.4, 0.5) is 0 Å². The van der Waals surface area contributed by atoms with Crippen molar-refractivity contribution in [1.82, 2.24) is 9.80 Å². The molecule has 0 aromatic heterocycles. The molecule has 1 aromatic rings. The molecule has 1 amide bonds. The monoisotopic (exact) mass is 328 g/mol. The molecule has 2 heterocycles. The van der Waals surface area contributed by atoms with Crippen molar-refractivity contribution in [2.45, 2.75) is 71.4 Å². The van der Waals surface area contributed by atoms with Crippen LogP contribution in [-0.4, -0.2) is 41.4 Å². The summed E-state index contributed by atoms with van der Waals surface area (Å²) >= 11 is 0. The van der Waals surface area contributed by atoms with Crippen LogP contribution in [0, 0.1) is 13.8 Å². The SMILES string of the molecule is Cc1ccc(C2CCCN2C(=O)C(C)N2CCCCCC2)cc1C. The van der Waals surface area contributed by atoms with Crippen LogP contribution >= 0.6 is 0 Å². The van der Waals surface area contributed by atoms with Gasteiger partial charge in [-0.2, -0.15) is 0 Å². The average molecular weight is 329 g/mol. The lowest BCUT2D eigenvalue weighted by Crippen LogP contribution is -2.47. The molecular formula is C21H32N2O. The van der Waals surface area contributed by atoms with Crippen molar-refractivity contribution >= 4 is 5.91 Å². The van der Waals surface area contributed by atoms with E-state index in [4.69, 9.17) is 0 Å². The van der Waals surface area contributed by atoms with Gasteiger partial charge >= 0.3 is 0 Å². The molecular weight excluding hydrogens is 296 g/mol. The van der Waals surface area contributed by atoms with Crippen molar-refractivity contribution < 1.29 is 4.79 Å². The van der Waals surface area contributed by atoms with E-state index in [-0.39, 0.29) is 12.1 Å². The number of amides is 1. The summed E-state index contributed by atoms with van der Waals surface area (Å²) in [5.41, 5.74) is 3.96. The Labute approximate surface area is 147 Å². The van der Waals surface area contributed by atoms with Gasteiger partial charge in [-0.15, -0.1) is 0 Å². The lowest BCUT2D eigenvalue weighted by atomic mass is 9.99. The highest BCUT2D eigenvalue weighted by molar-refractivity contribution is 5.82. The second-order valence-corrected chi connectivity index (χ2v) is 7.66. The molecule has 132 valence electrons. The van der Waals surface area contributed by atoms with Crippen molar-refractivity contribution in [3.05, 3.63) is 34.9 Å². The quantitative estimate of drug-likeness (QED) is 0.829. The molecule has 0 saturated carbocycles. The Hall–Kier alpha value is -1.35. The number of rotatable bonds is 3. The first-order valence-electron chi connectivity index (χ1n) is 9.69. The van der Waals surface area contributed by atoms with Crippen molar-refractivity contribution in [3.8, 4) is 0 Å². The summed E-state index contributed by atoms with van der Waals surface area (Å²) in [4.78, 5) is 17.7. The fourth-order valence-electron chi connectivity index (χ4n) is 4.23. The van der Waals surface area contributed by atoms with E-state index in [1.54, 1.807) is 0 Å². The van der Waals surface area contributed by atoms with Crippen molar-refractivity contribution in [2.75, 3.05) is 19.6 Å². The minimum absolute atomic E-state index is 0.0234. The maximum Gasteiger partial charge on any atom is 0.240 e. The van der Waals surface area contributed by atoms with Crippen molar-refractivity contribution in [3.63, 3.8) is 0 Å². The highest BCUT2D eigenvalue weighted by atomic mass is 16.2. The Morgan fingerprint density at radius 1 is 1.00 bits per heavy atom. The van der Waals surface area contributed by atoms with E-state index in [0.717, 1.165) is 32.5 Å². The highest BCUT2D eigenvalue weighted by Crippen LogP contribution is 2.33. The van der Waals surface area contributed by atoms with Gasteiger partial charge in [0.25, 0.3) is 0 Å². The van der Waals surface area contributed by atoms with Gasteiger partial charge in [-0.05, 0) is 76.2 Å². The highest BCUT2D eigenvalue weighted by Gasteiger charge is 2.34. The van der Waals surface area contributed by atoms with Gasteiger partial charge in [0.1, 0.15) is 0 Å². The number of aryl methyl sites for hydroxylation is 2. The standard InChI is InChI=1S/C21H32N2O/c1-16-10-11-19(15-17(16)2)20-9-8-14-23(20)21(24)18(3)22-12-6-4-5-7-13-22/h10-11,15,18,20H,4-9,12-14H2,1-3H3. The zero-order valence-corrected chi connectivity index (χ0v) is 15.6. The molecule has 0 aliphatic carbocycles. The van der Waals surface area contributed by atoms with E-state index >= 15 is 0 Å². The molecule has 2 unspecified atom stereocenters. The first kappa shape index (κ1) is 17.5. The molecule has 0 radical (unpaired) electrons. The Morgan fingerprint density at radius 2 is 1.71 bits per heavy atom. The number of likely N-dealkylation sites (tertiary alicyclic amines) is 2. The molecule has 3 heteroatoms. The number of nitrogens with zero attached hydrogens (tertiary/aromatic N) is 2. The summed E-state index contributed by atoms with van der Waals surface area (Å²) in [5.74, 6) is 0.331. The van der Waals surface area contributed by atoms with Gasteiger partial charge in [-0.1, -0.05) is 31.0 Å². The fourth-order valence-corrected chi connectivity index (χ4v) is 4.23. The van der Waals surface area contributed by atoms with Crippen LogP contribution in [0.25, 0.3) is 0 Å². The normalized spacial score (nSPS) is 24.0. The van der Waals surface area contributed by atoms with Crippen LogP contribution < -0.4 is 0 Å². The number of hydrogen-bond donors (Lipinski definition) is 0. The lowest BCUT2D eigenvalue weighted by Gasteiger charge is -2.33. The van der Waals surface area contributed by atoms with E-state index < -0.39 is 0 Å². The number of hydrogen-bond acceptors (Lipinski definition) is 2. The van der Waals surface area contributed by atoms with Crippen LogP contribution in [-0.2, 0) is 4.79 Å². The molecule has 3 nitrogen and oxygen atoms in total. The summed E-state index contributed by atoms with van der Waals surface area (Å²) in [6, 6.07) is 6.99. The van der Waals surface area contributed by atoms with Crippen LogP contribution in [0.2, 0.25) is 0 Å². The smallest absolute Gasteiger partial charge is 0.240 e. The topological polar surface area (TPSA) is 23.6 Å². The fraction of sp³-hybridized carbons (Fsp3) is 0.667. The predicted octanol–water partition coefficient (Wildman–Crippen LogP) is 4.23. The third kappa shape index (κ3) is 3.66. The van der Waals surface area contributed by atoms with Crippen LogP contribution in [0.1, 0.15) is 68.2 Å². The Kier molecular flexibility index (Phi) is 5.60. The van der Waals surface area contributed by atoms with Gasteiger partial charge in [0.15, 0.2) is 0 Å². The Balaban J connectivity index is 1.74. The zero-order valence-electron chi connectivity index (χ0n) is 15.6. The molecule has 2 saturated heterocycles. The Bertz CT molecular complexity index is 575. The molecule has 0 bridgehead atoms. The molecule has 2 atom stereocenters. The van der Waals surface area contributed by atoms with Gasteiger partial charge in [0.05, 0.1) is 12.1 Å². The van der Waals surface area contributed by atoms with E-state index in [9.17, 15) is 4.79 Å². The molecule has 3 rings (SSSR count). The maximum atomic E-state index is 13.2. The first-order chi connectivity index (χ1) is 11.6. The van der Waals surface area contributed by atoms with Gasteiger partial charge in [-0.25, -0.2) is 0 Å². The van der Waals surface area contributed by atoms with Gasteiger partial charge in [0.2, 0.25) is 5.91 Å². The van der Waals surface area contributed by atoms with Crippen LogP contribution in [0.15, 0.2) is 18.2 Å². The summed E-state index contributed by atoms with van der Waals surface area (Å²) < 4.78 is 0. The number of benzene rings is 1. The van der Waals surface area contributed by atoms with Gasteiger partial charge in [0, 0.05) is 6.54 Å². The van der Waals surface area contributed by atoms with Crippen LogP contribution in [0.5, 0.6) is 0 Å². The molecule has 0 spiro atoms. The molecule has 2 fully saturated rings. The van der Waals surface area contributed by atoms with Crippen molar-refractivity contribution in [1.29, 1.82) is 0 Å². The second kappa shape index (κ2) is 7.69.